The lowest BCUT2D eigenvalue weighted by Gasteiger charge is -2.19. The number of hydrogen-bond donors (Lipinski definition) is 2. The van der Waals surface area contributed by atoms with Gasteiger partial charge in [0.25, 0.3) is 0 Å². The summed E-state index contributed by atoms with van der Waals surface area (Å²) >= 11 is 0. The van der Waals surface area contributed by atoms with E-state index in [4.69, 9.17) is 0 Å². The number of hydrogen-bond acceptors (Lipinski definition) is 2. The van der Waals surface area contributed by atoms with Gasteiger partial charge in [0.05, 0.1) is 5.56 Å². The molecular weight excluding hydrogens is 250 g/mol. The summed E-state index contributed by atoms with van der Waals surface area (Å²) in [7, 11) is 0. The first-order valence-electron chi connectivity index (χ1n) is 7.00. The number of anilines is 1. The van der Waals surface area contributed by atoms with Gasteiger partial charge in [-0.2, -0.15) is 0 Å². The lowest BCUT2D eigenvalue weighted by Crippen LogP contribution is -2.17. The fourth-order valence-electron chi connectivity index (χ4n) is 2.64. The molecule has 0 saturated heterocycles. The molecule has 0 heterocycles. The zero-order valence-corrected chi connectivity index (χ0v) is 12.2. The molecule has 3 heteroatoms. The highest BCUT2D eigenvalue weighted by Crippen LogP contribution is 2.27. The lowest BCUT2D eigenvalue weighted by atomic mass is 10.0. The van der Waals surface area contributed by atoms with E-state index in [1.807, 2.05) is 30.3 Å². The molecule has 0 aliphatic rings. The van der Waals surface area contributed by atoms with Crippen LogP contribution in [0.3, 0.4) is 0 Å². The smallest absolute Gasteiger partial charge is 0.336 e. The van der Waals surface area contributed by atoms with Crippen LogP contribution in [0.1, 0.15) is 37.6 Å². The summed E-state index contributed by atoms with van der Waals surface area (Å²) in [5, 5.41) is 14.5. The number of carboxylic acid groups (broad SMARTS) is 1. The Labute approximate surface area is 119 Å². The summed E-state index contributed by atoms with van der Waals surface area (Å²) in [6, 6.07) is 11.5. The summed E-state index contributed by atoms with van der Waals surface area (Å²) in [4.78, 5) is 11.3. The van der Waals surface area contributed by atoms with Gasteiger partial charge in [0.15, 0.2) is 0 Å². The van der Waals surface area contributed by atoms with Crippen molar-refractivity contribution in [2.24, 2.45) is 5.92 Å². The molecule has 0 saturated carbocycles. The molecule has 0 aliphatic heterocycles. The van der Waals surface area contributed by atoms with Crippen LogP contribution in [0, 0.1) is 5.92 Å². The van der Waals surface area contributed by atoms with Gasteiger partial charge in [-0.05, 0) is 36.8 Å². The first-order valence-corrected chi connectivity index (χ1v) is 7.00. The molecule has 1 atom stereocenters. The van der Waals surface area contributed by atoms with Gasteiger partial charge in [-0.15, -0.1) is 0 Å². The van der Waals surface area contributed by atoms with Crippen LogP contribution in [0.4, 0.5) is 5.69 Å². The van der Waals surface area contributed by atoms with Gasteiger partial charge in [0, 0.05) is 17.1 Å². The van der Waals surface area contributed by atoms with Gasteiger partial charge in [-0.3, -0.25) is 0 Å². The normalized spacial score (nSPS) is 12.6. The maximum Gasteiger partial charge on any atom is 0.336 e. The molecular formula is C17H21NO2. The Kier molecular flexibility index (Phi) is 4.28. The second-order valence-corrected chi connectivity index (χ2v) is 5.69. The van der Waals surface area contributed by atoms with E-state index in [9.17, 15) is 9.90 Å². The predicted octanol–water partition coefficient (Wildman–Crippen LogP) is 4.38. The Morgan fingerprint density at radius 3 is 2.35 bits per heavy atom. The van der Waals surface area contributed by atoms with Crippen molar-refractivity contribution in [2.75, 3.05) is 5.32 Å². The van der Waals surface area contributed by atoms with E-state index in [2.05, 4.69) is 26.1 Å². The minimum Gasteiger partial charge on any atom is -0.478 e. The maximum atomic E-state index is 11.3. The minimum absolute atomic E-state index is 0.350. The van der Waals surface area contributed by atoms with Gasteiger partial charge in [-0.1, -0.05) is 38.1 Å². The Morgan fingerprint density at radius 1 is 1.10 bits per heavy atom. The third-order valence-electron chi connectivity index (χ3n) is 3.38. The van der Waals surface area contributed by atoms with E-state index in [-0.39, 0.29) is 0 Å². The number of rotatable bonds is 5. The average molecular weight is 271 g/mol. The van der Waals surface area contributed by atoms with Gasteiger partial charge in [0.2, 0.25) is 0 Å². The Morgan fingerprint density at radius 2 is 1.75 bits per heavy atom. The summed E-state index contributed by atoms with van der Waals surface area (Å²) in [6.45, 7) is 6.55. The van der Waals surface area contributed by atoms with Gasteiger partial charge in [-0.25, -0.2) is 4.79 Å². The lowest BCUT2D eigenvalue weighted by molar-refractivity contribution is 0.0699. The highest BCUT2D eigenvalue weighted by Gasteiger charge is 2.12. The molecule has 20 heavy (non-hydrogen) atoms. The summed E-state index contributed by atoms with van der Waals surface area (Å²) in [5.41, 5.74) is 1.35. The van der Waals surface area contributed by atoms with Crippen molar-refractivity contribution in [3.05, 3.63) is 42.0 Å². The van der Waals surface area contributed by atoms with E-state index in [1.54, 1.807) is 6.07 Å². The number of aromatic carboxylic acids is 1. The molecule has 0 aliphatic carbocycles. The van der Waals surface area contributed by atoms with Crippen LogP contribution in [0.25, 0.3) is 10.8 Å². The van der Waals surface area contributed by atoms with Crippen molar-refractivity contribution in [3.8, 4) is 0 Å². The molecule has 0 bridgehead atoms. The molecule has 0 fully saturated rings. The summed E-state index contributed by atoms with van der Waals surface area (Å²) in [6.07, 6.45) is 1.08. The molecule has 2 N–H and O–H groups in total. The Hall–Kier alpha value is -2.03. The number of benzene rings is 2. The topological polar surface area (TPSA) is 49.3 Å². The van der Waals surface area contributed by atoms with Crippen LogP contribution in [0.5, 0.6) is 0 Å². The average Bonchev–Trinajstić information content (AvgIpc) is 2.37. The van der Waals surface area contributed by atoms with Crippen LogP contribution in [-0.4, -0.2) is 17.1 Å². The van der Waals surface area contributed by atoms with Gasteiger partial charge < -0.3 is 10.4 Å². The Bertz CT molecular complexity index is 619. The third kappa shape index (κ3) is 3.10. The van der Waals surface area contributed by atoms with Crippen LogP contribution >= 0.6 is 0 Å². The highest BCUT2D eigenvalue weighted by atomic mass is 16.4. The summed E-state index contributed by atoms with van der Waals surface area (Å²) in [5.74, 6) is -0.259. The van der Waals surface area contributed by atoms with Crippen molar-refractivity contribution in [1.29, 1.82) is 0 Å². The van der Waals surface area contributed by atoms with E-state index in [1.165, 1.54) is 0 Å². The monoisotopic (exact) mass is 271 g/mol. The molecule has 106 valence electrons. The highest BCUT2D eigenvalue weighted by molar-refractivity contribution is 6.07. The molecule has 0 amide bonds. The second-order valence-electron chi connectivity index (χ2n) is 5.69. The molecule has 3 nitrogen and oxygen atoms in total. The quantitative estimate of drug-likeness (QED) is 0.848. The largest absolute Gasteiger partial charge is 0.478 e. The fourth-order valence-corrected chi connectivity index (χ4v) is 2.64. The summed E-state index contributed by atoms with van der Waals surface area (Å²) < 4.78 is 0. The van der Waals surface area contributed by atoms with E-state index >= 15 is 0 Å². The van der Waals surface area contributed by atoms with E-state index in [0.29, 0.717) is 17.5 Å². The molecule has 2 rings (SSSR count). The van der Waals surface area contributed by atoms with Gasteiger partial charge >= 0.3 is 5.97 Å². The fraction of sp³-hybridized carbons (Fsp3) is 0.353. The molecule has 2 aromatic rings. The van der Waals surface area contributed by atoms with Crippen molar-refractivity contribution in [2.45, 2.75) is 33.2 Å². The molecule has 0 spiro atoms. The third-order valence-corrected chi connectivity index (χ3v) is 3.38. The standard InChI is InChI=1S/C17H21NO2/c1-11(2)10-12(3)18-16-9-8-15(17(19)20)13-6-4-5-7-14(13)16/h4-9,11-12,18H,10H2,1-3H3,(H,19,20). The molecule has 2 aromatic carbocycles. The zero-order valence-electron chi connectivity index (χ0n) is 12.2. The van der Waals surface area contributed by atoms with Crippen LogP contribution in [-0.2, 0) is 0 Å². The Balaban J connectivity index is 2.40. The van der Waals surface area contributed by atoms with Crippen molar-refractivity contribution in [3.63, 3.8) is 0 Å². The van der Waals surface area contributed by atoms with Crippen molar-refractivity contribution in [1.82, 2.24) is 0 Å². The molecule has 1 unspecified atom stereocenters. The van der Waals surface area contributed by atoms with Crippen LogP contribution in [0.2, 0.25) is 0 Å². The van der Waals surface area contributed by atoms with Gasteiger partial charge in [0.1, 0.15) is 0 Å². The second kappa shape index (κ2) is 5.95. The van der Waals surface area contributed by atoms with Crippen molar-refractivity contribution < 1.29 is 9.90 Å². The molecule has 0 radical (unpaired) electrons. The zero-order chi connectivity index (χ0) is 14.7. The van der Waals surface area contributed by atoms with Crippen LogP contribution < -0.4 is 5.32 Å². The molecule has 0 aromatic heterocycles. The van der Waals surface area contributed by atoms with E-state index in [0.717, 1.165) is 22.9 Å². The van der Waals surface area contributed by atoms with E-state index < -0.39 is 5.97 Å². The number of fused-ring (bicyclic) bond motifs is 1. The SMILES string of the molecule is CC(C)CC(C)Nc1ccc(C(=O)O)c2ccccc12. The minimum atomic E-state index is -0.886. The number of carboxylic acids is 1. The first-order chi connectivity index (χ1) is 9.49. The maximum absolute atomic E-state index is 11.3. The predicted molar refractivity (Wildman–Crippen MR) is 83.4 cm³/mol. The van der Waals surface area contributed by atoms with Crippen LogP contribution in [0.15, 0.2) is 36.4 Å². The number of nitrogens with one attached hydrogen (secondary N) is 1. The van der Waals surface area contributed by atoms with Crippen molar-refractivity contribution >= 4 is 22.4 Å². The first kappa shape index (κ1) is 14.4. The number of carbonyl (C=O) groups is 1.